The first-order chi connectivity index (χ1) is 10.1. The summed E-state index contributed by atoms with van der Waals surface area (Å²) in [4.78, 5) is 20.5. The number of amides is 1. The molecule has 0 bridgehead atoms. The second-order valence-electron chi connectivity index (χ2n) is 5.16. The van der Waals surface area contributed by atoms with Crippen LogP contribution < -0.4 is 9.80 Å². The average molecular weight is 301 g/mol. The van der Waals surface area contributed by atoms with Crippen LogP contribution in [0.4, 0.5) is 10.8 Å². The molecule has 4 nitrogen and oxygen atoms in total. The van der Waals surface area contributed by atoms with Crippen molar-refractivity contribution in [3.8, 4) is 11.3 Å². The summed E-state index contributed by atoms with van der Waals surface area (Å²) in [5, 5.41) is 3.15. The SMILES string of the molecule is CCN(CC)c1nc(-c2ccc3c(c2)CC(=O)N3C)cs1. The highest BCUT2D eigenvalue weighted by molar-refractivity contribution is 7.14. The fourth-order valence-electron chi connectivity index (χ4n) is 2.67. The van der Waals surface area contributed by atoms with Crippen LogP contribution in [0.1, 0.15) is 19.4 Å². The van der Waals surface area contributed by atoms with Gasteiger partial charge >= 0.3 is 0 Å². The van der Waals surface area contributed by atoms with Gasteiger partial charge in [-0.15, -0.1) is 11.3 Å². The van der Waals surface area contributed by atoms with Crippen LogP contribution in [0.5, 0.6) is 0 Å². The summed E-state index contributed by atoms with van der Waals surface area (Å²) in [5.74, 6) is 0.157. The van der Waals surface area contributed by atoms with Crippen LogP contribution >= 0.6 is 11.3 Å². The van der Waals surface area contributed by atoms with Crippen LogP contribution in [0, 0.1) is 0 Å². The van der Waals surface area contributed by atoms with Crippen molar-refractivity contribution < 1.29 is 4.79 Å². The summed E-state index contributed by atoms with van der Waals surface area (Å²) in [7, 11) is 1.83. The first-order valence-corrected chi connectivity index (χ1v) is 8.12. The highest BCUT2D eigenvalue weighted by Crippen LogP contribution is 2.33. The number of likely N-dealkylation sites (N-methyl/N-ethyl adjacent to an activating group) is 1. The van der Waals surface area contributed by atoms with Gasteiger partial charge in [-0.3, -0.25) is 4.79 Å². The van der Waals surface area contributed by atoms with Gasteiger partial charge in [0.25, 0.3) is 0 Å². The van der Waals surface area contributed by atoms with Crippen molar-refractivity contribution in [1.82, 2.24) is 4.98 Å². The third-order valence-electron chi connectivity index (χ3n) is 3.98. The van der Waals surface area contributed by atoms with E-state index in [0.717, 1.165) is 40.7 Å². The largest absolute Gasteiger partial charge is 0.349 e. The van der Waals surface area contributed by atoms with E-state index in [9.17, 15) is 4.79 Å². The van der Waals surface area contributed by atoms with Crippen molar-refractivity contribution in [3.63, 3.8) is 0 Å². The maximum absolute atomic E-state index is 11.8. The van der Waals surface area contributed by atoms with Crippen molar-refractivity contribution in [2.24, 2.45) is 0 Å². The van der Waals surface area contributed by atoms with Gasteiger partial charge in [-0.25, -0.2) is 4.98 Å². The van der Waals surface area contributed by atoms with Crippen molar-refractivity contribution in [1.29, 1.82) is 0 Å². The maximum Gasteiger partial charge on any atom is 0.231 e. The monoisotopic (exact) mass is 301 g/mol. The average Bonchev–Trinajstić information content (AvgIpc) is 3.07. The molecular weight excluding hydrogens is 282 g/mol. The lowest BCUT2D eigenvalue weighted by molar-refractivity contribution is -0.117. The summed E-state index contributed by atoms with van der Waals surface area (Å²) in [6.45, 7) is 6.21. The normalized spacial score (nSPS) is 13.7. The Morgan fingerprint density at radius 3 is 2.81 bits per heavy atom. The van der Waals surface area contributed by atoms with E-state index in [4.69, 9.17) is 4.98 Å². The molecule has 0 saturated heterocycles. The quantitative estimate of drug-likeness (QED) is 0.870. The van der Waals surface area contributed by atoms with Crippen LogP contribution in [0.3, 0.4) is 0 Å². The molecule has 5 heteroatoms. The molecule has 1 aromatic carbocycles. The summed E-state index contributed by atoms with van der Waals surface area (Å²) in [6, 6.07) is 6.17. The van der Waals surface area contributed by atoms with Crippen molar-refractivity contribution in [2.45, 2.75) is 20.3 Å². The summed E-state index contributed by atoms with van der Waals surface area (Å²) >= 11 is 1.67. The van der Waals surface area contributed by atoms with Gasteiger partial charge in [0.2, 0.25) is 5.91 Å². The molecule has 2 aromatic rings. The second kappa shape index (κ2) is 5.48. The molecule has 0 unspecified atom stereocenters. The molecule has 1 aliphatic rings. The number of aromatic nitrogens is 1. The van der Waals surface area contributed by atoms with Crippen LogP contribution in [0.15, 0.2) is 23.6 Å². The van der Waals surface area contributed by atoms with Crippen molar-refractivity contribution in [2.75, 3.05) is 29.9 Å². The van der Waals surface area contributed by atoms with E-state index in [2.05, 4.69) is 36.3 Å². The maximum atomic E-state index is 11.8. The van der Waals surface area contributed by atoms with Crippen molar-refractivity contribution >= 4 is 28.1 Å². The molecule has 21 heavy (non-hydrogen) atoms. The zero-order valence-corrected chi connectivity index (χ0v) is 13.4. The van der Waals surface area contributed by atoms with E-state index in [-0.39, 0.29) is 5.91 Å². The molecule has 0 N–H and O–H groups in total. The number of carbonyl (C=O) groups excluding carboxylic acids is 1. The minimum atomic E-state index is 0.157. The van der Waals surface area contributed by atoms with Gasteiger partial charge < -0.3 is 9.80 Å². The molecule has 0 saturated carbocycles. The Morgan fingerprint density at radius 2 is 2.10 bits per heavy atom. The van der Waals surface area contributed by atoms with Crippen LogP contribution in [0.25, 0.3) is 11.3 Å². The lowest BCUT2D eigenvalue weighted by Gasteiger charge is -2.16. The lowest BCUT2D eigenvalue weighted by Crippen LogP contribution is -2.21. The Hall–Kier alpha value is -1.88. The number of benzene rings is 1. The van der Waals surface area contributed by atoms with Gasteiger partial charge in [-0.05, 0) is 31.5 Å². The Labute approximate surface area is 129 Å². The number of thiazole rings is 1. The van der Waals surface area contributed by atoms with Gasteiger partial charge in [0.1, 0.15) is 0 Å². The number of hydrogen-bond donors (Lipinski definition) is 0. The smallest absolute Gasteiger partial charge is 0.231 e. The van der Waals surface area contributed by atoms with E-state index >= 15 is 0 Å². The standard InChI is InChI=1S/C16H19N3OS/c1-4-19(5-2)16-17-13(10-21-16)11-6-7-14-12(8-11)9-15(20)18(14)3/h6-8,10H,4-5,9H2,1-3H3. The molecular formula is C16H19N3OS. The molecule has 1 aromatic heterocycles. The van der Waals surface area contributed by atoms with Crippen LogP contribution in [0.2, 0.25) is 0 Å². The summed E-state index contributed by atoms with van der Waals surface area (Å²) in [6.07, 6.45) is 0.493. The molecule has 0 fully saturated rings. The molecule has 1 aliphatic heterocycles. The van der Waals surface area contributed by atoms with Gasteiger partial charge in [0.15, 0.2) is 5.13 Å². The molecule has 3 rings (SSSR count). The predicted molar refractivity (Wildman–Crippen MR) is 88.2 cm³/mol. The van der Waals surface area contributed by atoms with E-state index < -0.39 is 0 Å². The fourth-order valence-corrected chi connectivity index (χ4v) is 3.63. The van der Waals surface area contributed by atoms with Crippen molar-refractivity contribution in [3.05, 3.63) is 29.1 Å². The van der Waals surface area contributed by atoms with Gasteiger partial charge in [-0.2, -0.15) is 0 Å². The summed E-state index contributed by atoms with van der Waals surface area (Å²) < 4.78 is 0. The number of nitrogens with zero attached hydrogens (tertiary/aromatic N) is 3. The van der Waals surface area contributed by atoms with E-state index in [1.807, 2.05) is 13.1 Å². The highest BCUT2D eigenvalue weighted by atomic mass is 32.1. The first-order valence-electron chi connectivity index (χ1n) is 7.24. The molecule has 0 atom stereocenters. The second-order valence-corrected chi connectivity index (χ2v) is 6.00. The Kier molecular flexibility index (Phi) is 3.68. The van der Waals surface area contributed by atoms with Gasteiger partial charge in [-0.1, -0.05) is 6.07 Å². The number of carbonyl (C=O) groups is 1. The highest BCUT2D eigenvalue weighted by Gasteiger charge is 2.24. The Bertz CT molecular complexity index is 676. The van der Waals surface area contributed by atoms with Crippen LogP contribution in [-0.2, 0) is 11.2 Å². The topological polar surface area (TPSA) is 36.4 Å². The first kappa shape index (κ1) is 14.1. The van der Waals surface area contributed by atoms with Crippen LogP contribution in [-0.4, -0.2) is 31.0 Å². The predicted octanol–water partition coefficient (Wildman–Crippen LogP) is 3.18. The summed E-state index contributed by atoms with van der Waals surface area (Å²) in [5.41, 5.74) is 4.19. The minimum absolute atomic E-state index is 0.157. The van der Waals surface area contributed by atoms with E-state index in [1.165, 1.54) is 0 Å². The molecule has 0 spiro atoms. The zero-order chi connectivity index (χ0) is 15.0. The molecule has 0 aliphatic carbocycles. The Balaban J connectivity index is 1.92. The minimum Gasteiger partial charge on any atom is -0.349 e. The van der Waals surface area contributed by atoms with E-state index in [1.54, 1.807) is 16.2 Å². The van der Waals surface area contributed by atoms with Gasteiger partial charge in [0.05, 0.1) is 12.1 Å². The molecule has 0 radical (unpaired) electrons. The van der Waals surface area contributed by atoms with Gasteiger partial charge in [0, 0.05) is 36.8 Å². The third-order valence-corrected chi connectivity index (χ3v) is 4.88. The molecule has 110 valence electrons. The molecule has 2 heterocycles. The lowest BCUT2D eigenvalue weighted by atomic mass is 10.1. The zero-order valence-electron chi connectivity index (χ0n) is 12.6. The third kappa shape index (κ3) is 2.42. The number of fused-ring (bicyclic) bond motifs is 1. The number of hydrogen-bond acceptors (Lipinski definition) is 4. The fraction of sp³-hybridized carbons (Fsp3) is 0.375. The molecule has 1 amide bonds. The van der Waals surface area contributed by atoms with E-state index in [0.29, 0.717) is 6.42 Å². The number of anilines is 2. The number of rotatable bonds is 4. The Morgan fingerprint density at radius 1 is 1.33 bits per heavy atom.